The van der Waals surface area contributed by atoms with Crippen molar-refractivity contribution in [1.29, 1.82) is 0 Å². The van der Waals surface area contributed by atoms with Crippen LogP contribution < -0.4 is 10.2 Å². The van der Waals surface area contributed by atoms with Gasteiger partial charge in [-0.3, -0.25) is 9.59 Å². The van der Waals surface area contributed by atoms with E-state index in [1.165, 1.54) is 0 Å². The Balaban J connectivity index is 1.39. The summed E-state index contributed by atoms with van der Waals surface area (Å²) in [6, 6.07) is 10.5. The molecule has 1 N–H and O–H groups in total. The molecule has 2 fully saturated rings. The number of carbonyl (C=O) groups excluding carboxylic acids is 2. The lowest BCUT2D eigenvalue weighted by Crippen LogP contribution is -2.45. The largest absolute Gasteiger partial charge is 0.371 e. The lowest BCUT2D eigenvalue weighted by molar-refractivity contribution is 0.0793. The molecule has 30 heavy (non-hydrogen) atoms. The normalized spacial score (nSPS) is 17.3. The van der Waals surface area contributed by atoms with Crippen LogP contribution in [-0.4, -0.2) is 48.9 Å². The zero-order valence-corrected chi connectivity index (χ0v) is 16.7. The maximum atomic E-state index is 13.8. The van der Waals surface area contributed by atoms with E-state index >= 15 is 0 Å². The average Bonchev–Trinajstić information content (AvgIpc) is 3.29. The number of nitrogens with zero attached hydrogens (tertiary/aromatic N) is 2. The highest BCUT2D eigenvalue weighted by atomic mass is 19.1. The van der Waals surface area contributed by atoms with E-state index in [1.54, 1.807) is 0 Å². The van der Waals surface area contributed by atoms with Crippen molar-refractivity contribution in [2.75, 3.05) is 31.1 Å². The second-order valence-corrected chi connectivity index (χ2v) is 7.88. The maximum Gasteiger partial charge on any atom is 0.255 e. The number of anilines is 1. The highest BCUT2D eigenvalue weighted by Crippen LogP contribution is 2.26. The van der Waals surface area contributed by atoms with Crippen molar-refractivity contribution >= 4 is 17.5 Å². The highest BCUT2D eigenvalue weighted by Gasteiger charge is 2.27. The van der Waals surface area contributed by atoms with Gasteiger partial charge in [0.15, 0.2) is 0 Å². The molecule has 2 amide bonds. The van der Waals surface area contributed by atoms with Gasteiger partial charge in [-0.05, 0) is 49.9 Å². The van der Waals surface area contributed by atoms with Crippen molar-refractivity contribution in [2.24, 2.45) is 0 Å². The first-order valence-corrected chi connectivity index (χ1v) is 10.4. The Kier molecular flexibility index (Phi) is 5.97. The maximum absolute atomic E-state index is 13.8. The third-order valence-corrected chi connectivity index (χ3v) is 5.87. The Labute approximate surface area is 174 Å². The molecule has 0 saturated carbocycles. The molecule has 0 atom stereocenters. The molecule has 2 saturated heterocycles. The van der Waals surface area contributed by atoms with E-state index in [0.29, 0.717) is 32.0 Å². The van der Waals surface area contributed by atoms with Crippen LogP contribution in [0.5, 0.6) is 0 Å². The van der Waals surface area contributed by atoms with E-state index in [4.69, 9.17) is 0 Å². The number of hydrogen-bond acceptors (Lipinski definition) is 3. The lowest BCUT2D eigenvalue weighted by atomic mass is 10.0. The minimum atomic E-state index is -0.862. The fraction of sp³-hybridized carbons (Fsp3) is 0.391. The number of carbonyl (C=O) groups is 2. The Morgan fingerprint density at radius 3 is 2.30 bits per heavy atom. The van der Waals surface area contributed by atoms with Crippen LogP contribution in [-0.2, 0) is 0 Å². The van der Waals surface area contributed by atoms with Gasteiger partial charge < -0.3 is 15.1 Å². The number of rotatable bonds is 4. The van der Waals surface area contributed by atoms with Crippen molar-refractivity contribution in [2.45, 2.75) is 31.7 Å². The summed E-state index contributed by atoms with van der Waals surface area (Å²) >= 11 is 0. The third-order valence-electron chi connectivity index (χ3n) is 5.87. The van der Waals surface area contributed by atoms with Crippen LogP contribution in [0.3, 0.4) is 0 Å². The number of benzene rings is 2. The van der Waals surface area contributed by atoms with Gasteiger partial charge in [0.25, 0.3) is 11.8 Å². The van der Waals surface area contributed by atoms with E-state index in [2.05, 4.69) is 10.2 Å². The van der Waals surface area contributed by atoms with Crippen LogP contribution >= 0.6 is 0 Å². The molecule has 2 aliphatic rings. The molecule has 2 aromatic carbocycles. The van der Waals surface area contributed by atoms with Crippen LogP contribution in [0, 0.1) is 11.6 Å². The molecule has 0 spiro atoms. The average molecular weight is 413 g/mol. The molecule has 158 valence electrons. The number of halogens is 2. The Bertz CT molecular complexity index is 936. The Hall–Kier alpha value is -2.96. The van der Waals surface area contributed by atoms with Gasteiger partial charge in [-0.1, -0.05) is 12.1 Å². The predicted molar refractivity (Wildman–Crippen MR) is 111 cm³/mol. The van der Waals surface area contributed by atoms with E-state index in [9.17, 15) is 18.4 Å². The molecule has 0 bridgehead atoms. The zero-order valence-electron chi connectivity index (χ0n) is 16.7. The van der Waals surface area contributed by atoms with Gasteiger partial charge in [0.05, 0.1) is 11.1 Å². The SMILES string of the molecule is O=C(NC1CCN(c2ccccc2C(=O)N2CCCC2)CC1)c1ccc(F)cc1F. The van der Waals surface area contributed by atoms with Crippen LogP contribution in [0.4, 0.5) is 14.5 Å². The van der Waals surface area contributed by atoms with E-state index in [-0.39, 0.29) is 17.5 Å². The fourth-order valence-corrected chi connectivity index (χ4v) is 4.22. The van der Waals surface area contributed by atoms with E-state index in [0.717, 1.165) is 49.3 Å². The topological polar surface area (TPSA) is 52.7 Å². The van der Waals surface area contributed by atoms with Crippen molar-refractivity contribution in [3.8, 4) is 0 Å². The zero-order chi connectivity index (χ0) is 21.1. The summed E-state index contributed by atoms with van der Waals surface area (Å²) in [5.74, 6) is -2.03. The molecular formula is C23H25F2N3O2. The van der Waals surface area contributed by atoms with Gasteiger partial charge in [0, 0.05) is 44.0 Å². The minimum Gasteiger partial charge on any atom is -0.371 e. The summed E-state index contributed by atoms with van der Waals surface area (Å²) in [5, 5.41) is 2.85. The van der Waals surface area contributed by atoms with E-state index in [1.807, 2.05) is 29.2 Å². The molecule has 0 aromatic heterocycles. The first kappa shape index (κ1) is 20.3. The summed E-state index contributed by atoms with van der Waals surface area (Å²) in [4.78, 5) is 29.3. The minimum absolute atomic E-state index is 0.0744. The van der Waals surface area contributed by atoms with Crippen molar-refractivity contribution in [3.05, 3.63) is 65.2 Å². The monoisotopic (exact) mass is 413 g/mol. The van der Waals surface area contributed by atoms with E-state index < -0.39 is 17.5 Å². The van der Waals surface area contributed by atoms with Crippen LogP contribution in [0.15, 0.2) is 42.5 Å². The molecule has 5 nitrogen and oxygen atoms in total. The van der Waals surface area contributed by atoms with Gasteiger partial charge >= 0.3 is 0 Å². The van der Waals surface area contributed by atoms with Gasteiger partial charge in [0.1, 0.15) is 11.6 Å². The standard InChI is InChI=1S/C23H25F2N3O2/c24-16-7-8-18(20(25)15-16)22(29)26-17-9-13-27(14-10-17)21-6-2-1-5-19(21)23(30)28-11-3-4-12-28/h1-2,5-8,15,17H,3-4,9-14H2,(H,26,29). The van der Waals surface area contributed by atoms with Crippen LogP contribution in [0.1, 0.15) is 46.4 Å². The number of amides is 2. The van der Waals surface area contributed by atoms with Crippen molar-refractivity contribution in [3.63, 3.8) is 0 Å². The first-order valence-electron chi connectivity index (χ1n) is 10.4. The highest BCUT2D eigenvalue weighted by molar-refractivity contribution is 6.00. The number of hydrogen-bond donors (Lipinski definition) is 1. The van der Waals surface area contributed by atoms with Gasteiger partial charge in [-0.15, -0.1) is 0 Å². The first-order chi connectivity index (χ1) is 14.5. The van der Waals surface area contributed by atoms with Crippen molar-refractivity contribution in [1.82, 2.24) is 10.2 Å². The number of nitrogens with one attached hydrogen (secondary N) is 1. The van der Waals surface area contributed by atoms with Gasteiger partial charge in [-0.25, -0.2) is 8.78 Å². The number of likely N-dealkylation sites (tertiary alicyclic amines) is 1. The summed E-state index contributed by atoms with van der Waals surface area (Å²) in [5.41, 5.74) is 1.49. The fourth-order valence-electron chi connectivity index (χ4n) is 4.22. The molecule has 0 aliphatic carbocycles. The lowest BCUT2D eigenvalue weighted by Gasteiger charge is -2.35. The molecule has 0 radical (unpaired) electrons. The summed E-state index contributed by atoms with van der Waals surface area (Å²) in [7, 11) is 0. The Morgan fingerprint density at radius 1 is 0.900 bits per heavy atom. The van der Waals surface area contributed by atoms with Crippen molar-refractivity contribution < 1.29 is 18.4 Å². The number of piperidine rings is 1. The molecule has 2 aliphatic heterocycles. The number of para-hydroxylation sites is 1. The molecule has 7 heteroatoms. The van der Waals surface area contributed by atoms with Crippen LogP contribution in [0.2, 0.25) is 0 Å². The van der Waals surface area contributed by atoms with Gasteiger partial charge in [0.2, 0.25) is 0 Å². The summed E-state index contributed by atoms with van der Waals surface area (Å²) in [6.45, 7) is 2.98. The molecule has 2 heterocycles. The molecule has 4 rings (SSSR count). The third kappa shape index (κ3) is 4.30. The quantitative estimate of drug-likeness (QED) is 0.833. The predicted octanol–water partition coefficient (Wildman–Crippen LogP) is 3.60. The Morgan fingerprint density at radius 2 is 1.60 bits per heavy atom. The van der Waals surface area contributed by atoms with Crippen LogP contribution in [0.25, 0.3) is 0 Å². The van der Waals surface area contributed by atoms with Gasteiger partial charge in [-0.2, -0.15) is 0 Å². The molecule has 0 unspecified atom stereocenters. The second kappa shape index (κ2) is 8.81. The smallest absolute Gasteiger partial charge is 0.255 e. The molecular weight excluding hydrogens is 388 g/mol. The second-order valence-electron chi connectivity index (χ2n) is 7.88. The summed E-state index contributed by atoms with van der Waals surface area (Å²) in [6.07, 6.45) is 3.46. The summed E-state index contributed by atoms with van der Waals surface area (Å²) < 4.78 is 26.9. The molecule has 2 aromatic rings.